The third-order valence-corrected chi connectivity index (χ3v) is 1.05. The Kier molecular flexibility index (Phi) is 1.35. The second-order valence-corrected chi connectivity index (χ2v) is 1.82. The van der Waals surface area contributed by atoms with Crippen LogP contribution in [-0.4, -0.2) is 6.71 Å². The molecular formula is C6H8B. The Morgan fingerprint density at radius 1 is 1.14 bits per heavy atom. The average Bonchev–Trinajstić information content (AvgIpc) is 1.69. The zero-order valence-corrected chi connectivity index (χ0v) is 4.46. The van der Waals surface area contributed by atoms with Gasteiger partial charge in [0.2, 0.25) is 0 Å². The first kappa shape index (κ1) is 4.70. The maximum atomic E-state index is 2.17. The summed E-state index contributed by atoms with van der Waals surface area (Å²) in [6.45, 7) is 2.81. The van der Waals surface area contributed by atoms with Crippen LogP contribution in [0.1, 0.15) is 0 Å². The molecule has 0 fully saturated rings. The molecule has 1 heteroatoms. The van der Waals surface area contributed by atoms with E-state index in [2.05, 4.69) is 31.3 Å². The van der Waals surface area contributed by atoms with Crippen LogP contribution in [0.3, 0.4) is 0 Å². The molecule has 0 N–H and O–H groups in total. The fourth-order valence-electron chi connectivity index (χ4n) is 0.607. The molecule has 1 heterocycles. The van der Waals surface area contributed by atoms with Crippen molar-refractivity contribution in [2.75, 3.05) is 0 Å². The first-order valence-corrected chi connectivity index (χ1v) is 2.58. The van der Waals surface area contributed by atoms with E-state index >= 15 is 0 Å². The van der Waals surface area contributed by atoms with Crippen molar-refractivity contribution in [2.45, 2.75) is 6.82 Å². The van der Waals surface area contributed by atoms with Crippen molar-refractivity contribution in [3.8, 4) is 0 Å². The van der Waals surface area contributed by atoms with Gasteiger partial charge < -0.3 is 0 Å². The predicted molar refractivity (Wildman–Crippen MR) is 34.2 cm³/mol. The number of hydrogen-bond donors (Lipinski definition) is 0. The minimum absolute atomic E-state index is 0.644. The van der Waals surface area contributed by atoms with E-state index in [0.717, 1.165) is 0 Å². The Labute approximate surface area is 45.0 Å². The van der Waals surface area contributed by atoms with Gasteiger partial charge in [-0.1, -0.05) is 25.1 Å². The number of rotatable bonds is 0. The van der Waals surface area contributed by atoms with Gasteiger partial charge >= 0.3 is 0 Å². The molecular weight excluding hydrogens is 82.9 g/mol. The average molecular weight is 90.9 g/mol. The molecule has 0 aromatic rings. The molecule has 1 rings (SSSR count). The van der Waals surface area contributed by atoms with E-state index in [4.69, 9.17) is 0 Å². The lowest BCUT2D eigenvalue weighted by molar-refractivity contribution is 1.79. The van der Waals surface area contributed by atoms with Crippen LogP contribution in [0, 0.1) is 6.32 Å². The zero-order chi connectivity index (χ0) is 5.11. The summed E-state index contributed by atoms with van der Waals surface area (Å²) in [5.74, 6) is 2.17. The van der Waals surface area contributed by atoms with E-state index in [1.807, 2.05) is 6.08 Å². The van der Waals surface area contributed by atoms with Crippen molar-refractivity contribution in [1.29, 1.82) is 0 Å². The van der Waals surface area contributed by atoms with Crippen molar-refractivity contribution >= 4 is 6.71 Å². The van der Waals surface area contributed by atoms with Gasteiger partial charge in [0.25, 0.3) is 0 Å². The summed E-state index contributed by atoms with van der Waals surface area (Å²) in [6, 6.07) is 0. The largest absolute Gasteiger partial charge is 0.170 e. The van der Waals surface area contributed by atoms with E-state index in [9.17, 15) is 0 Å². The summed E-state index contributed by atoms with van der Waals surface area (Å²) in [6.07, 6.45) is 8.36. The summed E-state index contributed by atoms with van der Waals surface area (Å²) >= 11 is 0. The third kappa shape index (κ3) is 1.22. The van der Waals surface area contributed by atoms with E-state index in [1.54, 1.807) is 0 Å². The minimum Gasteiger partial charge on any atom is -0.115 e. The van der Waals surface area contributed by atoms with Crippen molar-refractivity contribution in [1.82, 2.24) is 0 Å². The molecule has 0 spiro atoms. The quantitative estimate of drug-likeness (QED) is 0.396. The maximum Gasteiger partial charge on any atom is 0.170 e. The highest BCUT2D eigenvalue weighted by atomic mass is 13.7. The Hall–Kier alpha value is -0.455. The van der Waals surface area contributed by atoms with Gasteiger partial charge in [0, 0.05) is 0 Å². The molecule has 1 aliphatic rings. The molecule has 35 valence electrons. The van der Waals surface area contributed by atoms with E-state index in [-0.39, 0.29) is 0 Å². The molecule has 0 saturated heterocycles. The topological polar surface area (TPSA) is 0 Å². The van der Waals surface area contributed by atoms with Gasteiger partial charge in [-0.25, -0.2) is 0 Å². The molecule has 0 aromatic carbocycles. The van der Waals surface area contributed by atoms with Gasteiger partial charge in [-0.3, -0.25) is 0 Å². The Bertz CT molecular complexity index is 103. The third-order valence-electron chi connectivity index (χ3n) is 1.05. The summed E-state index contributed by atoms with van der Waals surface area (Å²) in [5.41, 5.74) is 0. The van der Waals surface area contributed by atoms with Crippen LogP contribution < -0.4 is 0 Å². The highest BCUT2D eigenvalue weighted by molar-refractivity contribution is 6.67. The first-order chi connectivity index (χ1) is 3.39. The van der Waals surface area contributed by atoms with E-state index in [1.165, 1.54) is 0 Å². The molecule has 1 aliphatic heterocycles. The predicted octanol–water partition coefficient (Wildman–Crippen LogP) is 1.52. The number of hydrogen-bond acceptors (Lipinski definition) is 0. The standard InChI is InChI=1S/C6H8B/c1-7-5-3-2-4-6-7/h2-6H,1H3. The fraction of sp³-hybridized carbons (Fsp3) is 0.167. The second-order valence-electron chi connectivity index (χ2n) is 1.82. The molecule has 0 nitrogen and oxygen atoms in total. The Morgan fingerprint density at radius 3 is 2.29 bits per heavy atom. The van der Waals surface area contributed by atoms with Crippen LogP contribution in [-0.2, 0) is 0 Å². The summed E-state index contributed by atoms with van der Waals surface area (Å²) in [4.78, 5) is 0. The summed E-state index contributed by atoms with van der Waals surface area (Å²) < 4.78 is 0. The minimum atomic E-state index is 0.644. The lowest BCUT2D eigenvalue weighted by Gasteiger charge is -1.97. The van der Waals surface area contributed by atoms with Gasteiger partial charge in [0.15, 0.2) is 6.71 Å². The lowest BCUT2D eigenvalue weighted by atomic mass is 9.48. The molecule has 1 radical (unpaired) electrons. The lowest BCUT2D eigenvalue weighted by Crippen LogP contribution is -2.03. The highest BCUT2D eigenvalue weighted by Gasteiger charge is 1.99. The maximum absolute atomic E-state index is 2.17. The molecule has 0 unspecified atom stereocenters. The van der Waals surface area contributed by atoms with Gasteiger partial charge in [-0.15, -0.1) is 5.98 Å². The normalized spacial score (nSPS) is 18.1. The van der Waals surface area contributed by atoms with Crippen molar-refractivity contribution in [2.24, 2.45) is 0 Å². The van der Waals surface area contributed by atoms with Crippen molar-refractivity contribution in [3.63, 3.8) is 0 Å². The molecule has 0 saturated carbocycles. The van der Waals surface area contributed by atoms with Crippen LogP contribution in [0.15, 0.2) is 24.2 Å². The molecule has 0 aromatic heterocycles. The SMILES string of the molecule is CB1[CH]C=CC=C1. The smallest absolute Gasteiger partial charge is 0.115 e. The van der Waals surface area contributed by atoms with E-state index < -0.39 is 0 Å². The van der Waals surface area contributed by atoms with E-state index in [0.29, 0.717) is 6.71 Å². The van der Waals surface area contributed by atoms with Crippen LogP contribution in [0.4, 0.5) is 0 Å². The molecule has 0 amide bonds. The van der Waals surface area contributed by atoms with Gasteiger partial charge in [-0.2, -0.15) is 0 Å². The van der Waals surface area contributed by atoms with Crippen LogP contribution in [0.25, 0.3) is 0 Å². The monoisotopic (exact) mass is 91.1 g/mol. The molecule has 7 heavy (non-hydrogen) atoms. The number of allylic oxidation sites excluding steroid dienone is 3. The molecule has 0 bridgehead atoms. The zero-order valence-electron chi connectivity index (χ0n) is 4.46. The Morgan fingerprint density at radius 2 is 2.00 bits per heavy atom. The Balaban J connectivity index is 2.49. The fourth-order valence-corrected chi connectivity index (χ4v) is 0.607. The molecule has 0 atom stereocenters. The summed E-state index contributed by atoms with van der Waals surface area (Å²) in [7, 11) is 0. The second kappa shape index (κ2) is 2.01. The van der Waals surface area contributed by atoms with Crippen LogP contribution >= 0.6 is 0 Å². The molecule has 0 aliphatic carbocycles. The first-order valence-electron chi connectivity index (χ1n) is 2.58. The van der Waals surface area contributed by atoms with Crippen LogP contribution in [0.2, 0.25) is 6.82 Å². The van der Waals surface area contributed by atoms with Gasteiger partial charge in [0.1, 0.15) is 0 Å². The van der Waals surface area contributed by atoms with Crippen molar-refractivity contribution < 1.29 is 0 Å². The van der Waals surface area contributed by atoms with Crippen molar-refractivity contribution in [3.05, 3.63) is 30.5 Å². The van der Waals surface area contributed by atoms with Crippen LogP contribution in [0.5, 0.6) is 0 Å². The highest BCUT2D eigenvalue weighted by Crippen LogP contribution is 1.97. The summed E-state index contributed by atoms with van der Waals surface area (Å²) in [5, 5.41) is 0. The van der Waals surface area contributed by atoms with Gasteiger partial charge in [-0.05, 0) is 6.32 Å². The van der Waals surface area contributed by atoms with Gasteiger partial charge in [0.05, 0.1) is 0 Å².